The Morgan fingerprint density at radius 1 is 0.969 bits per heavy atom. The third kappa shape index (κ3) is 5.23. The third-order valence-electron chi connectivity index (χ3n) is 4.60. The standard InChI is InChI=1S/C23H19F3N2O4/c1-14-4-7-18(15(2)10-14)27-13-16-5-8-21(22(11-16)31-3)32-20-9-6-17(23(24,25)26)12-19(20)28(29)30/h4-13H,1-3H3. The van der Waals surface area contributed by atoms with Crippen molar-refractivity contribution in [3.63, 3.8) is 0 Å². The zero-order valence-corrected chi connectivity index (χ0v) is 17.4. The van der Waals surface area contributed by atoms with E-state index in [9.17, 15) is 23.3 Å². The molecule has 6 nitrogen and oxygen atoms in total. The van der Waals surface area contributed by atoms with Crippen LogP contribution in [0.15, 0.2) is 59.6 Å². The molecule has 0 saturated carbocycles. The van der Waals surface area contributed by atoms with Crippen molar-refractivity contribution >= 4 is 17.6 Å². The van der Waals surface area contributed by atoms with Gasteiger partial charge in [-0.1, -0.05) is 17.7 Å². The van der Waals surface area contributed by atoms with E-state index in [1.165, 1.54) is 13.2 Å². The van der Waals surface area contributed by atoms with E-state index in [2.05, 4.69) is 4.99 Å². The van der Waals surface area contributed by atoms with Crippen LogP contribution in [0, 0.1) is 24.0 Å². The van der Waals surface area contributed by atoms with Gasteiger partial charge in [0, 0.05) is 12.3 Å². The molecule has 0 saturated heterocycles. The van der Waals surface area contributed by atoms with Crippen LogP contribution in [0.1, 0.15) is 22.3 Å². The maximum Gasteiger partial charge on any atom is 0.416 e. The summed E-state index contributed by atoms with van der Waals surface area (Å²) in [6.45, 7) is 3.94. The molecule has 3 aromatic carbocycles. The quantitative estimate of drug-likeness (QED) is 0.239. The molecule has 166 valence electrons. The van der Waals surface area contributed by atoms with Gasteiger partial charge in [0.2, 0.25) is 5.75 Å². The summed E-state index contributed by atoms with van der Waals surface area (Å²) in [7, 11) is 1.38. The number of rotatable bonds is 6. The Balaban J connectivity index is 1.90. The van der Waals surface area contributed by atoms with E-state index < -0.39 is 22.4 Å². The minimum absolute atomic E-state index is 0.110. The van der Waals surface area contributed by atoms with Gasteiger partial charge in [0.25, 0.3) is 0 Å². The van der Waals surface area contributed by atoms with Crippen LogP contribution in [0.3, 0.4) is 0 Å². The first-order chi connectivity index (χ1) is 15.1. The predicted molar refractivity (Wildman–Crippen MR) is 114 cm³/mol. The second-order valence-electron chi connectivity index (χ2n) is 7.00. The second-order valence-corrected chi connectivity index (χ2v) is 7.00. The lowest BCUT2D eigenvalue weighted by atomic mass is 10.1. The van der Waals surface area contributed by atoms with Gasteiger partial charge in [-0.05, 0) is 61.4 Å². The molecule has 3 rings (SSSR count). The number of ether oxygens (including phenoxy) is 2. The maximum absolute atomic E-state index is 12.9. The van der Waals surface area contributed by atoms with Crippen LogP contribution in [0.4, 0.5) is 24.5 Å². The van der Waals surface area contributed by atoms with Crippen molar-refractivity contribution < 1.29 is 27.6 Å². The molecule has 0 aliphatic heterocycles. The van der Waals surface area contributed by atoms with Gasteiger partial charge in [-0.15, -0.1) is 0 Å². The van der Waals surface area contributed by atoms with Gasteiger partial charge in [0.05, 0.1) is 23.3 Å². The van der Waals surface area contributed by atoms with E-state index >= 15 is 0 Å². The van der Waals surface area contributed by atoms with Crippen LogP contribution in [0.2, 0.25) is 0 Å². The molecule has 32 heavy (non-hydrogen) atoms. The van der Waals surface area contributed by atoms with Crippen LogP contribution < -0.4 is 9.47 Å². The average molecular weight is 444 g/mol. The fraction of sp³-hybridized carbons (Fsp3) is 0.174. The lowest BCUT2D eigenvalue weighted by molar-refractivity contribution is -0.385. The van der Waals surface area contributed by atoms with Gasteiger partial charge < -0.3 is 9.47 Å². The Morgan fingerprint density at radius 3 is 2.31 bits per heavy atom. The summed E-state index contributed by atoms with van der Waals surface area (Å²) in [6, 6.07) is 12.7. The number of hydrogen-bond donors (Lipinski definition) is 0. The highest BCUT2D eigenvalue weighted by Crippen LogP contribution is 2.40. The number of halogens is 3. The Bertz CT molecular complexity index is 1190. The summed E-state index contributed by atoms with van der Waals surface area (Å²) in [5.41, 5.74) is 1.68. The van der Waals surface area contributed by atoms with Gasteiger partial charge in [-0.2, -0.15) is 13.2 Å². The van der Waals surface area contributed by atoms with E-state index in [0.29, 0.717) is 11.6 Å². The molecule has 0 heterocycles. The van der Waals surface area contributed by atoms with Crippen LogP contribution in [0.25, 0.3) is 0 Å². The molecule has 0 fully saturated rings. The van der Waals surface area contributed by atoms with Crippen molar-refractivity contribution in [3.8, 4) is 17.2 Å². The number of alkyl halides is 3. The van der Waals surface area contributed by atoms with Crippen molar-refractivity contribution in [3.05, 3.63) is 87.0 Å². The summed E-state index contributed by atoms with van der Waals surface area (Å²) in [6.07, 6.45) is -3.08. The predicted octanol–water partition coefficient (Wildman–Crippen LogP) is 6.78. The van der Waals surface area contributed by atoms with Gasteiger partial charge in [0.15, 0.2) is 11.5 Å². The highest BCUT2D eigenvalue weighted by atomic mass is 19.4. The lowest BCUT2D eigenvalue weighted by Gasteiger charge is -2.12. The number of aliphatic imine (C=N–C) groups is 1. The van der Waals surface area contributed by atoms with E-state index in [1.807, 2.05) is 32.0 Å². The van der Waals surface area contributed by atoms with Gasteiger partial charge in [-0.25, -0.2) is 0 Å². The van der Waals surface area contributed by atoms with Crippen LogP contribution >= 0.6 is 0 Å². The number of hydrogen-bond acceptors (Lipinski definition) is 5. The SMILES string of the molecule is COc1cc(C=Nc2ccc(C)cc2C)ccc1Oc1ccc(C(F)(F)F)cc1[N+](=O)[O-]. The Labute approximate surface area is 182 Å². The van der Waals surface area contributed by atoms with Crippen molar-refractivity contribution in [2.24, 2.45) is 4.99 Å². The molecule has 0 aromatic heterocycles. The molecule has 0 N–H and O–H groups in total. The van der Waals surface area contributed by atoms with Gasteiger partial charge in [0.1, 0.15) is 0 Å². The molecule has 0 unspecified atom stereocenters. The number of nitrogens with zero attached hydrogens (tertiary/aromatic N) is 2. The van der Waals surface area contributed by atoms with Crippen molar-refractivity contribution in [2.75, 3.05) is 7.11 Å². The second kappa shape index (κ2) is 9.09. The number of nitro benzene ring substituents is 1. The molecule has 0 aliphatic rings. The molecular formula is C23H19F3N2O4. The molecular weight excluding hydrogens is 425 g/mol. The van der Waals surface area contributed by atoms with Crippen LogP contribution in [-0.4, -0.2) is 18.2 Å². The first-order valence-electron chi connectivity index (χ1n) is 9.41. The Morgan fingerprint density at radius 2 is 1.69 bits per heavy atom. The van der Waals surface area contributed by atoms with Crippen molar-refractivity contribution in [2.45, 2.75) is 20.0 Å². The molecule has 0 amide bonds. The highest BCUT2D eigenvalue weighted by Gasteiger charge is 2.33. The zero-order valence-electron chi connectivity index (χ0n) is 17.4. The molecule has 0 aliphatic carbocycles. The van der Waals surface area contributed by atoms with Gasteiger partial charge >= 0.3 is 11.9 Å². The minimum Gasteiger partial charge on any atom is -0.493 e. The summed E-state index contributed by atoms with van der Waals surface area (Å²) in [5, 5.41) is 11.3. The maximum atomic E-state index is 12.9. The number of nitro groups is 1. The molecule has 0 bridgehead atoms. The summed E-state index contributed by atoms with van der Waals surface area (Å²) >= 11 is 0. The third-order valence-corrected chi connectivity index (χ3v) is 4.60. The van der Waals surface area contributed by atoms with Crippen LogP contribution in [-0.2, 0) is 6.18 Å². The minimum atomic E-state index is -4.71. The first kappa shape index (κ1) is 22.8. The first-order valence-corrected chi connectivity index (χ1v) is 9.41. The number of benzene rings is 3. The molecule has 9 heteroatoms. The van der Waals surface area contributed by atoms with E-state index in [0.717, 1.165) is 28.9 Å². The fourth-order valence-corrected chi connectivity index (χ4v) is 2.98. The lowest BCUT2D eigenvalue weighted by Crippen LogP contribution is -2.06. The van der Waals surface area contributed by atoms with E-state index in [1.54, 1.807) is 18.3 Å². The highest BCUT2D eigenvalue weighted by molar-refractivity contribution is 5.83. The van der Waals surface area contributed by atoms with E-state index in [-0.39, 0.29) is 17.2 Å². The summed E-state index contributed by atoms with van der Waals surface area (Å²) < 4.78 is 49.5. The zero-order chi connectivity index (χ0) is 23.5. The van der Waals surface area contributed by atoms with Gasteiger partial charge in [-0.3, -0.25) is 15.1 Å². The average Bonchev–Trinajstić information content (AvgIpc) is 2.73. The molecule has 3 aromatic rings. The largest absolute Gasteiger partial charge is 0.493 e. The van der Waals surface area contributed by atoms with Crippen LogP contribution in [0.5, 0.6) is 17.2 Å². The molecule has 0 spiro atoms. The van der Waals surface area contributed by atoms with E-state index in [4.69, 9.17) is 9.47 Å². The monoisotopic (exact) mass is 444 g/mol. The Hall–Kier alpha value is -3.88. The topological polar surface area (TPSA) is 74.0 Å². The fourth-order valence-electron chi connectivity index (χ4n) is 2.98. The smallest absolute Gasteiger partial charge is 0.416 e. The normalized spacial score (nSPS) is 11.6. The Kier molecular flexibility index (Phi) is 6.47. The number of methoxy groups -OCH3 is 1. The number of aryl methyl sites for hydroxylation is 2. The molecule has 0 atom stereocenters. The van der Waals surface area contributed by atoms with Crippen molar-refractivity contribution in [1.29, 1.82) is 0 Å². The summed E-state index contributed by atoms with van der Waals surface area (Å²) in [4.78, 5) is 14.8. The summed E-state index contributed by atoms with van der Waals surface area (Å²) in [5.74, 6) is 0.0146. The molecule has 0 radical (unpaired) electrons. The van der Waals surface area contributed by atoms with Crippen molar-refractivity contribution in [1.82, 2.24) is 0 Å².